The Kier molecular flexibility index (Phi) is 3.26. The molecule has 0 atom stereocenters. The van der Waals surface area contributed by atoms with E-state index in [1.165, 1.54) is 28.6 Å². The summed E-state index contributed by atoms with van der Waals surface area (Å²) in [6, 6.07) is 8.12. The first-order valence-corrected chi connectivity index (χ1v) is 8.34. The van der Waals surface area contributed by atoms with Crippen LogP contribution in [-0.2, 0) is 10.0 Å². The highest BCUT2D eigenvalue weighted by molar-refractivity contribution is 9.10. The van der Waals surface area contributed by atoms with Crippen molar-refractivity contribution in [1.29, 1.82) is 0 Å². The zero-order chi connectivity index (χ0) is 15.2. The predicted octanol–water partition coefficient (Wildman–Crippen LogP) is 2.58. The summed E-state index contributed by atoms with van der Waals surface area (Å²) in [5.74, 6) is 0. The molecule has 1 aromatic carbocycles. The van der Waals surface area contributed by atoms with Crippen LogP contribution in [0.5, 0.6) is 0 Å². The smallest absolute Gasteiger partial charge is 0.268 e. The lowest BCUT2D eigenvalue weighted by Crippen LogP contribution is -2.24. The number of hydrogen-bond acceptors (Lipinski definition) is 3. The third-order valence-corrected chi connectivity index (χ3v) is 5.53. The number of pyridine rings is 1. The van der Waals surface area contributed by atoms with E-state index in [1.54, 1.807) is 24.3 Å². The van der Waals surface area contributed by atoms with E-state index in [9.17, 15) is 13.6 Å². The average molecular weight is 367 g/mol. The van der Waals surface area contributed by atoms with Gasteiger partial charge in [0.15, 0.2) is 12.4 Å². The third kappa shape index (κ3) is 2.32. The van der Waals surface area contributed by atoms with Crippen molar-refractivity contribution in [2.24, 2.45) is 0 Å². The first-order chi connectivity index (χ1) is 9.89. The zero-order valence-corrected chi connectivity index (χ0v) is 13.4. The van der Waals surface area contributed by atoms with Crippen LogP contribution in [0.4, 0.5) is 0 Å². The second kappa shape index (κ2) is 4.85. The number of fused-ring (bicyclic) bond motifs is 1. The van der Waals surface area contributed by atoms with Gasteiger partial charge in [-0.2, -0.15) is 4.73 Å². The Labute approximate surface area is 130 Å². The van der Waals surface area contributed by atoms with Crippen LogP contribution in [0.15, 0.2) is 58.3 Å². The van der Waals surface area contributed by atoms with Crippen LogP contribution in [0.25, 0.3) is 10.9 Å². The van der Waals surface area contributed by atoms with Crippen molar-refractivity contribution in [1.82, 2.24) is 3.97 Å². The monoisotopic (exact) mass is 366 g/mol. The summed E-state index contributed by atoms with van der Waals surface area (Å²) in [6.07, 6.45) is 4.07. The molecule has 0 aliphatic carbocycles. The zero-order valence-electron chi connectivity index (χ0n) is 11.0. The van der Waals surface area contributed by atoms with Crippen LogP contribution in [0.2, 0.25) is 0 Å². The fraction of sp³-hybridized carbons (Fsp3) is 0.0714. The molecule has 21 heavy (non-hydrogen) atoms. The number of rotatable bonds is 2. The molecule has 0 saturated heterocycles. The maximum absolute atomic E-state index is 12.7. The van der Waals surface area contributed by atoms with Gasteiger partial charge in [0.1, 0.15) is 0 Å². The fourth-order valence-electron chi connectivity index (χ4n) is 2.11. The van der Waals surface area contributed by atoms with Crippen LogP contribution in [0.3, 0.4) is 0 Å². The van der Waals surface area contributed by atoms with E-state index < -0.39 is 10.0 Å². The second-order valence-corrected chi connectivity index (χ2v) is 7.36. The molecule has 0 N–H and O–H groups in total. The highest BCUT2D eigenvalue weighted by Crippen LogP contribution is 2.28. The summed E-state index contributed by atoms with van der Waals surface area (Å²) in [5.41, 5.74) is 1.44. The summed E-state index contributed by atoms with van der Waals surface area (Å²) < 4.78 is 27.8. The quantitative estimate of drug-likeness (QED) is 0.517. The maximum atomic E-state index is 12.7. The summed E-state index contributed by atoms with van der Waals surface area (Å²) in [5, 5.41) is 11.9. The molecule has 3 aromatic rings. The highest BCUT2D eigenvalue weighted by Gasteiger charge is 2.21. The Morgan fingerprint density at radius 1 is 1.19 bits per heavy atom. The number of nitrogens with zero attached hydrogens (tertiary/aromatic N) is 2. The van der Waals surface area contributed by atoms with Crippen LogP contribution in [0.1, 0.15) is 5.56 Å². The molecule has 108 valence electrons. The number of hydrogen-bond donors (Lipinski definition) is 0. The van der Waals surface area contributed by atoms with Crippen LogP contribution in [0, 0.1) is 12.1 Å². The molecule has 0 fully saturated rings. The van der Waals surface area contributed by atoms with Gasteiger partial charge in [0.05, 0.1) is 20.3 Å². The SMILES string of the molecule is Cc1ccc(S(=O)(=O)n2cc(Br)c3c[n+]([O-])ccc32)cc1. The van der Waals surface area contributed by atoms with E-state index >= 15 is 0 Å². The molecule has 7 heteroatoms. The van der Waals surface area contributed by atoms with Crippen molar-refractivity contribution < 1.29 is 13.1 Å². The predicted molar refractivity (Wildman–Crippen MR) is 82.4 cm³/mol. The van der Waals surface area contributed by atoms with E-state index in [2.05, 4.69) is 15.9 Å². The second-order valence-electron chi connectivity index (χ2n) is 4.69. The molecule has 0 aliphatic heterocycles. The lowest BCUT2D eigenvalue weighted by molar-refractivity contribution is -0.603. The lowest BCUT2D eigenvalue weighted by atomic mass is 10.2. The molecule has 0 amide bonds. The molecular formula is C14H11BrN2O3S. The number of aryl methyl sites for hydroxylation is 1. The van der Waals surface area contributed by atoms with Gasteiger partial charge < -0.3 is 5.21 Å². The van der Waals surface area contributed by atoms with Gasteiger partial charge in [-0.3, -0.25) is 0 Å². The maximum Gasteiger partial charge on any atom is 0.268 e. The number of benzene rings is 1. The Bertz CT molecular complexity index is 931. The average Bonchev–Trinajstić information content (AvgIpc) is 2.77. The van der Waals surface area contributed by atoms with Crippen LogP contribution >= 0.6 is 15.9 Å². The number of aromatic nitrogens is 2. The molecule has 0 unspecified atom stereocenters. The van der Waals surface area contributed by atoms with Crippen molar-refractivity contribution in [3.8, 4) is 0 Å². The topological polar surface area (TPSA) is 66.0 Å². The molecule has 0 aliphatic rings. The Morgan fingerprint density at radius 3 is 2.52 bits per heavy atom. The van der Waals surface area contributed by atoms with Crippen molar-refractivity contribution in [2.75, 3.05) is 0 Å². The molecule has 3 rings (SSSR count). The van der Waals surface area contributed by atoms with Crippen molar-refractivity contribution in [3.63, 3.8) is 0 Å². The minimum absolute atomic E-state index is 0.205. The Morgan fingerprint density at radius 2 is 1.86 bits per heavy atom. The first kappa shape index (κ1) is 14.1. The summed E-state index contributed by atoms with van der Waals surface area (Å²) >= 11 is 3.29. The highest BCUT2D eigenvalue weighted by atomic mass is 79.9. The minimum Gasteiger partial charge on any atom is -0.619 e. The van der Waals surface area contributed by atoms with Gasteiger partial charge in [0.2, 0.25) is 0 Å². The molecule has 0 radical (unpaired) electrons. The Hall–Kier alpha value is -1.86. The van der Waals surface area contributed by atoms with Gasteiger partial charge in [-0.1, -0.05) is 17.7 Å². The van der Waals surface area contributed by atoms with E-state index in [-0.39, 0.29) is 4.90 Å². The van der Waals surface area contributed by atoms with Crippen molar-refractivity contribution >= 4 is 36.9 Å². The molecule has 0 bridgehead atoms. The van der Waals surface area contributed by atoms with E-state index in [0.717, 1.165) is 5.56 Å². The van der Waals surface area contributed by atoms with Gasteiger partial charge in [0, 0.05) is 12.3 Å². The standard InChI is InChI=1S/C14H11BrN2O3S/c1-10-2-4-11(5-3-10)21(19,20)17-9-13(15)12-8-16(18)7-6-14(12)17/h2-9H,1H3. The van der Waals surface area contributed by atoms with Crippen molar-refractivity contribution in [3.05, 3.63) is 64.2 Å². The summed E-state index contributed by atoms with van der Waals surface area (Å²) in [4.78, 5) is 0.205. The summed E-state index contributed by atoms with van der Waals surface area (Å²) in [6.45, 7) is 1.89. The largest absolute Gasteiger partial charge is 0.619 e. The van der Waals surface area contributed by atoms with Gasteiger partial charge in [0.25, 0.3) is 10.0 Å². The third-order valence-electron chi connectivity index (χ3n) is 3.21. The van der Waals surface area contributed by atoms with Gasteiger partial charge in [-0.05, 0) is 35.0 Å². The molecular weight excluding hydrogens is 356 g/mol. The number of halogens is 1. The molecule has 5 nitrogen and oxygen atoms in total. The van der Waals surface area contributed by atoms with E-state index in [4.69, 9.17) is 0 Å². The minimum atomic E-state index is -3.70. The van der Waals surface area contributed by atoms with Gasteiger partial charge >= 0.3 is 0 Å². The normalized spacial score (nSPS) is 11.9. The molecule has 2 aromatic heterocycles. The van der Waals surface area contributed by atoms with Gasteiger partial charge in [-0.15, -0.1) is 0 Å². The lowest BCUT2D eigenvalue weighted by Gasteiger charge is -2.07. The van der Waals surface area contributed by atoms with Crippen molar-refractivity contribution in [2.45, 2.75) is 11.8 Å². The molecule has 2 heterocycles. The van der Waals surface area contributed by atoms with Crippen LogP contribution < -0.4 is 4.73 Å². The van der Waals surface area contributed by atoms with E-state index in [1.807, 2.05) is 6.92 Å². The molecule has 0 saturated carbocycles. The Balaban J connectivity index is 2.26. The first-order valence-electron chi connectivity index (χ1n) is 6.11. The summed E-state index contributed by atoms with van der Waals surface area (Å²) in [7, 11) is -3.70. The van der Waals surface area contributed by atoms with Gasteiger partial charge in [-0.25, -0.2) is 12.4 Å². The molecule has 0 spiro atoms. The van der Waals surface area contributed by atoms with Crippen LogP contribution in [-0.4, -0.2) is 12.4 Å². The van der Waals surface area contributed by atoms with E-state index in [0.29, 0.717) is 20.1 Å². The fourth-order valence-corrected chi connectivity index (χ4v) is 4.13.